The molecule has 0 aliphatic carbocycles. The number of thiazole rings is 1. The van der Waals surface area contributed by atoms with Gasteiger partial charge in [0.2, 0.25) is 0 Å². The van der Waals surface area contributed by atoms with Crippen LogP contribution in [0.2, 0.25) is 0 Å². The second-order valence-corrected chi connectivity index (χ2v) is 6.66. The topological polar surface area (TPSA) is 43.6 Å². The summed E-state index contributed by atoms with van der Waals surface area (Å²) >= 11 is 3.17. The van der Waals surface area contributed by atoms with Crippen molar-refractivity contribution in [2.75, 3.05) is 7.11 Å². The number of nitrogens with zero attached hydrogens (tertiary/aromatic N) is 2. The fourth-order valence-electron chi connectivity index (χ4n) is 2.62. The van der Waals surface area contributed by atoms with Gasteiger partial charge in [-0.2, -0.15) is 0 Å². The number of carbonyl (C=O) groups is 1. The lowest BCUT2D eigenvalue weighted by molar-refractivity contribution is 0.111. The predicted octanol–water partition coefficient (Wildman–Crippen LogP) is 4.61. The summed E-state index contributed by atoms with van der Waals surface area (Å²) < 4.78 is 7.34. The number of thiophene rings is 1. The molecule has 0 amide bonds. The van der Waals surface area contributed by atoms with E-state index in [4.69, 9.17) is 4.74 Å². The number of benzene rings is 1. The minimum atomic E-state index is 0.550. The number of aromatic nitrogens is 2. The summed E-state index contributed by atoms with van der Waals surface area (Å²) in [5.41, 5.74) is 3.03. The Labute approximate surface area is 140 Å². The van der Waals surface area contributed by atoms with Gasteiger partial charge in [-0.05, 0) is 23.6 Å². The molecule has 0 aliphatic heterocycles. The van der Waals surface area contributed by atoms with Crippen molar-refractivity contribution in [3.05, 3.63) is 52.9 Å². The van der Waals surface area contributed by atoms with E-state index in [2.05, 4.69) is 4.98 Å². The first kappa shape index (κ1) is 14.2. The highest BCUT2D eigenvalue weighted by Gasteiger charge is 2.20. The van der Waals surface area contributed by atoms with Crippen LogP contribution in [0.15, 0.2) is 47.2 Å². The molecule has 0 atom stereocenters. The largest absolute Gasteiger partial charge is 0.496 e. The Hall–Kier alpha value is -2.44. The Morgan fingerprint density at radius 3 is 2.78 bits per heavy atom. The second kappa shape index (κ2) is 5.64. The van der Waals surface area contributed by atoms with Gasteiger partial charge < -0.3 is 4.74 Å². The summed E-state index contributed by atoms with van der Waals surface area (Å²) in [5.74, 6) is 0.707. The number of hydrogen-bond donors (Lipinski definition) is 0. The zero-order valence-electron chi connectivity index (χ0n) is 12.2. The molecule has 0 saturated heterocycles. The second-order valence-electron chi connectivity index (χ2n) is 4.88. The summed E-state index contributed by atoms with van der Waals surface area (Å²) in [5, 5.41) is 4.06. The quantitative estimate of drug-likeness (QED) is 0.509. The van der Waals surface area contributed by atoms with Gasteiger partial charge in [-0.15, -0.1) is 22.7 Å². The number of hydrogen-bond acceptors (Lipinski definition) is 5. The fraction of sp³-hybridized carbons (Fsp3) is 0.0588. The number of imidazole rings is 1. The number of aldehydes is 1. The summed E-state index contributed by atoms with van der Waals surface area (Å²) in [7, 11) is 1.62. The molecule has 6 heteroatoms. The van der Waals surface area contributed by atoms with Crippen LogP contribution in [0.1, 0.15) is 10.5 Å². The summed E-state index contributed by atoms with van der Waals surface area (Å²) in [4.78, 5) is 18.4. The molecule has 0 spiro atoms. The van der Waals surface area contributed by atoms with Crippen molar-refractivity contribution >= 4 is 33.9 Å². The average Bonchev–Trinajstić information content (AvgIpc) is 3.30. The van der Waals surface area contributed by atoms with Gasteiger partial charge in [0, 0.05) is 10.9 Å². The highest BCUT2D eigenvalue weighted by atomic mass is 32.1. The molecule has 4 nitrogen and oxygen atoms in total. The van der Waals surface area contributed by atoms with Crippen LogP contribution in [0.5, 0.6) is 5.75 Å². The molecule has 1 aromatic carbocycles. The third-order valence-corrected chi connectivity index (χ3v) is 5.36. The molecule has 3 heterocycles. The number of rotatable bonds is 4. The number of fused-ring (bicyclic) bond motifs is 1. The first-order valence-corrected chi connectivity index (χ1v) is 8.72. The minimum absolute atomic E-state index is 0.550. The first-order valence-electron chi connectivity index (χ1n) is 6.96. The third-order valence-electron chi connectivity index (χ3n) is 3.65. The standard InChI is InChI=1S/C17H12N2O2S2/c1-21-14-6-3-2-5-11(14)16-12(9-20)19-13(10-23-17(19)18-16)15-7-4-8-22-15/h2-10H,1H3. The van der Waals surface area contributed by atoms with Crippen LogP contribution in [0.25, 0.3) is 26.8 Å². The van der Waals surface area contributed by atoms with Crippen molar-refractivity contribution in [1.29, 1.82) is 0 Å². The zero-order chi connectivity index (χ0) is 15.8. The van der Waals surface area contributed by atoms with Crippen molar-refractivity contribution in [3.63, 3.8) is 0 Å². The maximum Gasteiger partial charge on any atom is 0.195 e. The molecule has 0 bridgehead atoms. The van der Waals surface area contributed by atoms with Crippen molar-refractivity contribution in [1.82, 2.24) is 9.38 Å². The Bertz CT molecular complexity index is 984. The molecule has 0 radical (unpaired) electrons. The van der Waals surface area contributed by atoms with E-state index >= 15 is 0 Å². The Morgan fingerprint density at radius 1 is 1.17 bits per heavy atom. The van der Waals surface area contributed by atoms with Crippen LogP contribution in [0, 0.1) is 0 Å². The predicted molar refractivity (Wildman–Crippen MR) is 93.8 cm³/mol. The van der Waals surface area contributed by atoms with Gasteiger partial charge in [0.1, 0.15) is 17.1 Å². The lowest BCUT2D eigenvalue weighted by atomic mass is 10.1. The molecular weight excluding hydrogens is 328 g/mol. The van der Waals surface area contributed by atoms with Crippen LogP contribution in [0.4, 0.5) is 0 Å². The molecule has 4 aromatic rings. The average molecular weight is 340 g/mol. The Morgan fingerprint density at radius 2 is 2.04 bits per heavy atom. The summed E-state index contributed by atoms with van der Waals surface area (Å²) in [6.45, 7) is 0. The van der Waals surface area contributed by atoms with E-state index in [1.165, 1.54) is 11.3 Å². The monoisotopic (exact) mass is 340 g/mol. The molecular formula is C17H12N2O2S2. The van der Waals surface area contributed by atoms with Crippen molar-refractivity contribution in [2.24, 2.45) is 0 Å². The van der Waals surface area contributed by atoms with E-state index in [1.807, 2.05) is 51.6 Å². The fourth-order valence-corrected chi connectivity index (χ4v) is 4.33. The first-order chi connectivity index (χ1) is 11.3. The highest BCUT2D eigenvalue weighted by molar-refractivity contribution is 7.17. The third kappa shape index (κ3) is 2.18. The van der Waals surface area contributed by atoms with Crippen molar-refractivity contribution in [2.45, 2.75) is 0 Å². The molecule has 0 fully saturated rings. The van der Waals surface area contributed by atoms with Crippen LogP contribution in [-0.2, 0) is 0 Å². The number of methoxy groups -OCH3 is 1. The van der Waals surface area contributed by atoms with Gasteiger partial charge in [-0.25, -0.2) is 4.98 Å². The van der Waals surface area contributed by atoms with Crippen molar-refractivity contribution in [3.8, 4) is 27.6 Å². The molecule has 0 saturated carbocycles. The molecule has 23 heavy (non-hydrogen) atoms. The smallest absolute Gasteiger partial charge is 0.195 e. The van der Waals surface area contributed by atoms with E-state index in [-0.39, 0.29) is 0 Å². The van der Waals surface area contributed by atoms with Gasteiger partial charge in [0.25, 0.3) is 0 Å². The molecule has 114 valence electrons. The molecule has 0 N–H and O–H groups in total. The lowest BCUT2D eigenvalue weighted by Gasteiger charge is -2.06. The number of para-hydroxylation sites is 1. The molecule has 4 rings (SSSR count). The molecule has 3 aromatic heterocycles. The Kier molecular flexibility index (Phi) is 3.48. The summed E-state index contributed by atoms with van der Waals surface area (Å²) in [6.07, 6.45) is 0.867. The van der Waals surface area contributed by atoms with Gasteiger partial charge in [-0.1, -0.05) is 18.2 Å². The zero-order valence-corrected chi connectivity index (χ0v) is 13.9. The van der Waals surface area contributed by atoms with Crippen LogP contribution in [0.3, 0.4) is 0 Å². The van der Waals surface area contributed by atoms with Crippen molar-refractivity contribution < 1.29 is 9.53 Å². The number of carbonyl (C=O) groups excluding carboxylic acids is 1. The van der Waals surface area contributed by atoms with Gasteiger partial charge in [0.05, 0.1) is 17.7 Å². The van der Waals surface area contributed by atoms with Gasteiger partial charge >= 0.3 is 0 Å². The maximum atomic E-state index is 11.8. The normalized spacial score (nSPS) is 11.0. The minimum Gasteiger partial charge on any atom is -0.496 e. The van der Waals surface area contributed by atoms with Gasteiger partial charge in [0.15, 0.2) is 11.2 Å². The molecule has 0 aliphatic rings. The highest BCUT2D eigenvalue weighted by Crippen LogP contribution is 2.36. The van der Waals surface area contributed by atoms with E-state index in [9.17, 15) is 4.79 Å². The maximum absolute atomic E-state index is 11.8. The Balaban J connectivity index is 2.01. The molecule has 0 unspecified atom stereocenters. The van der Waals surface area contributed by atoms with Crippen LogP contribution < -0.4 is 4.74 Å². The number of ether oxygens (including phenoxy) is 1. The van der Waals surface area contributed by atoms with E-state index in [0.29, 0.717) is 17.1 Å². The van der Waals surface area contributed by atoms with E-state index in [0.717, 1.165) is 27.4 Å². The summed E-state index contributed by atoms with van der Waals surface area (Å²) in [6, 6.07) is 11.7. The van der Waals surface area contributed by atoms with Crippen LogP contribution in [-0.4, -0.2) is 22.8 Å². The van der Waals surface area contributed by atoms with E-state index < -0.39 is 0 Å². The van der Waals surface area contributed by atoms with Crippen LogP contribution >= 0.6 is 22.7 Å². The lowest BCUT2D eigenvalue weighted by Crippen LogP contribution is -1.95. The SMILES string of the molecule is COc1ccccc1-c1nc2scc(-c3cccs3)n2c1C=O. The van der Waals surface area contributed by atoms with Gasteiger partial charge in [-0.3, -0.25) is 9.20 Å². The van der Waals surface area contributed by atoms with E-state index in [1.54, 1.807) is 18.4 Å².